The molecule has 0 radical (unpaired) electrons. The van der Waals surface area contributed by atoms with E-state index >= 15 is 0 Å². The third kappa shape index (κ3) is 5.40. The molecule has 0 bridgehead atoms. The molecular weight excluding hydrogens is 400 g/mol. The molecule has 0 aromatic heterocycles. The lowest BCUT2D eigenvalue weighted by atomic mass is 10.0. The van der Waals surface area contributed by atoms with Crippen LogP contribution in [0.4, 0.5) is 5.69 Å². The van der Waals surface area contributed by atoms with Gasteiger partial charge in [-0.05, 0) is 30.7 Å². The quantitative estimate of drug-likeness (QED) is 0.539. The number of hydrogen-bond donors (Lipinski definition) is 2. The molecule has 0 spiro atoms. The molecule has 0 aliphatic rings. The van der Waals surface area contributed by atoms with E-state index in [1.54, 1.807) is 12.1 Å². The van der Waals surface area contributed by atoms with Crippen molar-refractivity contribution in [3.63, 3.8) is 0 Å². The summed E-state index contributed by atoms with van der Waals surface area (Å²) in [5.74, 6) is -0.526. The van der Waals surface area contributed by atoms with Crippen molar-refractivity contribution in [2.75, 3.05) is 11.9 Å². The first kappa shape index (κ1) is 21.4. The summed E-state index contributed by atoms with van der Waals surface area (Å²) in [7, 11) is -3.82. The first-order valence-corrected chi connectivity index (χ1v) is 10.9. The monoisotopic (exact) mass is 422 g/mol. The van der Waals surface area contributed by atoms with Gasteiger partial charge < -0.3 is 5.32 Å². The zero-order valence-corrected chi connectivity index (χ0v) is 17.3. The average Bonchev–Trinajstić information content (AvgIpc) is 2.74. The maximum absolute atomic E-state index is 12.4. The number of carbonyl (C=O) groups excluding carboxylic acids is 2. The Hall–Kier alpha value is -3.29. The first-order valence-electron chi connectivity index (χ1n) is 9.42. The number of hydrogen-bond acceptors (Lipinski definition) is 4. The molecule has 0 saturated heterocycles. The van der Waals surface area contributed by atoms with E-state index in [0.717, 1.165) is 11.1 Å². The predicted octanol–water partition coefficient (Wildman–Crippen LogP) is 3.86. The summed E-state index contributed by atoms with van der Waals surface area (Å²) >= 11 is 0. The summed E-state index contributed by atoms with van der Waals surface area (Å²) < 4.78 is 27.3. The Morgan fingerprint density at radius 1 is 0.867 bits per heavy atom. The highest BCUT2D eigenvalue weighted by molar-refractivity contribution is 7.89. The van der Waals surface area contributed by atoms with Gasteiger partial charge in [0, 0.05) is 29.8 Å². The van der Waals surface area contributed by atoms with Crippen LogP contribution in [0.3, 0.4) is 0 Å². The fraction of sp³-hybridized carbons (Fsp3) is 0.130. The minimum atomic E-state index is -3.82. The van der Waals surface area contributed by atoms with Gasteiger partial charge in [-0.25, -0.2) is 13.1 Å². The molecular formula is C23H22N2O4S. The zero-order chi connectivity index (χ0) is 21.6. The number of carbonyl (C=O) groups is 2. The molecule has 30 heavy (non-hydrogen) atoms. The van der Waals surface area contributed by atoms with Gasteiger partial charge in [0.15, 0.2) is 5.78 Å². The number of Topliss-reactive ketones (excluding diaryl/α,β-unsaturated/α-hetero) is 1. The maximum atomic E-state index is 12.4. The summed E-state index contributed by atoms with van der Waals surface area (Å²) in [6, 6.07) is 22.9. The molecule has 0 aliphatic heterocycles. The van der Waals surface area contributed by atoms with Crippen molar-refractivity contribution in [3.05, 3.63) is 84.4 Å². The lowest BCUT2D eigenvalue weighted by Crippen LogP contribution is -2.28. The highest BCUT2D eigenvalue weighted by Gasteiger charge is 2.16. The molecule has 0 fully saturated rings. The number of benzene rings is 3. The van der Waals surface area contributed by atoms with Crippen molar-refractivity contribution in [1.82, 2.24) is 4.72 Å². The lowest BCUT2D eigenvalue weighted by Gasteiger charge is -2.12. The van der Waals surface area contributed by atoms with Crippen LogP contribution in [0.15, 0.2) is 83.8 Å². The van der Waals surface area contributed by atoms with Gasteiger partial charge in [0.25, 0.3) is 0 Å². The topological polar surface area (TPSA) is 92.3 Å². The Labute approximate surface area is 176 Å². The second-order valence-electron chi connectivity index (χ2n) is 6.69. The maximum Gasteiger partial charge on any atom is 0.240 e. The van der Waals surface area contributed by atoms with Gasteiger partial charge in [-0.3, -0.25) is 9.59 Å². The van der Waals surface area contributed by atoms with E-state index in [1.807, 2.05) is 48.5 Å². The van der Waals surface area contributed by atoms with E-state index in [9.17, 15) is 18.0 Å². The Balaban J connectivity index is 1.62. The average molecular weight is 423 g/mol. The predicted molar refractivity (Wildman–Crippen MR) is 117 cm³/mol. The number of anilines is 1. The van der Waals surface area contributed by atoms with Crippen LogP contribution in [0, 0.1) is 0 Å². The van der Waals surface area contributed by atoms with Gasteiger partial charge in [0.2, 0.25) is 15.9 Å². The van der Waals surface area contributed by atoms with Gasteiger partial charge in [-0.2, -0.15) is 0 Å². The largest absolute Gasteiger partial charge is 0.325 e. The van der Waals surface area contributed by atoms with Crippen LogP contribution < -0.4 is 10.0 Å². The summed E-state index contributed by atoms with van der Waals surface area (Å²) in [6.45, 7) is 1.31. The van der Waals surface area contributed by atoms with Gasteiger partial charge in [-0.15, -0.1) is 0 Å². The van der Waals surface area contributed by atoms with Crippen molar-refractivity contribution < 1.29 is 18.0 Å². The van der Waals surface area contributed by atoms with Crippen molar-refractivity contribution in [3.8, 4) is 11.1 Å². The van der Waals surface area contributed by atoms with Crippen LogP contribution in [0.2, 0.25) is 0 Å². The SMILES string of the molecule is CC(=O)c1cccc(S(=O)(=O)NCCC(=O)Nc2ccccc2-c2ccccc2)c1. The van der Waals surface area contributed by atoms with Crippen molar-refractivity contribution >= 4 is 27.4 Å². The summed E-state index contributed by atoms with van der Waals surface area (Å²) in [6.07, 6.45) is -0.0330. The number of ketones is 1. The number of amides is 1. The van der Waals surface area contributed by atoms with E-state index in [1.165, 1.54) is 25.1 Å². The highest BCUT2D eigenvalue weighted by Crippen LogP contribution is 2.27. The molecule has 0 unspecified atom stereocenters. The van der Waals surface area contributed by atoms with E-state index in [4.69, 9.17) is 0 Å². The smallest absolute Gasteiger partial charge is 0.240 e. The molecule has 6 nitrogen and oxygen atoms in total. The van der Waals surface area contributed by atoms with Crippen LogP contribution in [0.1, 0.15) is 23.7 Å². The molecule has 0 heterocycles. The van der Waals surface area contributed by atoms with Crippen LogP contribution >= 0.6 is 0 Å². The minimum Gasteiger partial charge on any atom is -0.325 e. The summed E-state index contributed by atoms with van der Waals surface area (Å²) in [5, 5.41) is 2.84. The number of rotatable bonds is 8. The third-order valence-corrected chi connectivity index (χ3v) is 5.94. The van der Waals surface area contributed by atoms with Crippen molar-refractivity contribution in [2.45, 2.75) is 18.2 Å². The Morgan fingerprint density at radius 2 is 1.57 bits per heavy atom. The first-order chi connectivity index (χ1) is 14.4. The second kappa shape index (κ2) is 9.47. The molecule has 3 rings (SSSR count). The lowest BCUT2D eigenvalue weighted by molar-refractivity contribution is -0.116. The molecule has 7 heteroatoms. The molecule has 1 amide bonds. The zero-order valence-electron chi connectivity index (χ0n) is 16.5. The molecule has 2 N–H and O–H groups in total. The van der Waals surface area contributed by atoms with Crippen molar-refractivity contribution in [1.29, 1.82) is 0 Å². The van der Waals surface area contributed by atoms with Crippen LogP contribution in [0.25, 0.3) is 11.1 Å². The van der Waals surface area contributed by atoms with Gasteiger partial charge >= 0.3 is 0 Å². The molecule has 0 saturated carbocycles. The third-order valence-electron chi connectivity index (χ3n) is 4.48. The Kier molecular flexibility index (Phi) is 6.76. The fourth-order valence-electron chi connectivity index (χ4n) is 2.94. The summed E-state index contributed by atoms with van der Waals surface area (Å²) in [4.78, 5) is 23.8. The molecule has 0 atom stereocenters. The Bertz CT molecular complexity index is 1160. The van der Waals surface area contributed by atoms with E-state index in [0.29, 0.717) is 11.3 Å². The normalized spacial score (nSPS) is 11.1. The van der Waals surface area contributed by atoms with Gasteiger partial charge in [-0.1, -0.05) is 60.7 Å². The second-order valence-corrected chi connectivity index (χ2v) is 8.46. The number of nitrogens with one attached hydrogen (secondary N) is 2. The van der Waals surface area contributed by atoms with E-state index in [-0.39, 0.29) is 29.6 Å². The highest BCUT2D eigenvalue weighted by atomic mass is 32.2. The number of para-hydroxylation sites is 1. The summed E-state index contributed by atoms with van der Waals surface area (Å²) in [5.41, 5.74) is 2.83. The number of sulfonamides is 1. The van der Waals surface area contributed by atoms with Crippen LogP contribution in [-0.4, -0.2) is 26.7 Å². The van der Waals surface area contributed by atoms with Crippen LogP contribution in [0.5, 0.6) is 0 Å². The molecule has 3 aromatic carbocycles. The Morgan fingerprint density at radius 3 is 2.30 bits per heavy atom. The molecule has 3 aromatic rings. The van der Waals surface area contributed by atoms with Crippen molar-refractivity contribution in [2.24, 2.45) is 0 Å². The minimum absolute atomic E-state index is 0.00923. The molecule has 0 aliphatic carbocycles. The van der Waals surface area contributed by atoms with Gasteiger partial charge in [0.05, 0.1) is 4.90 Å². The van der Waals surface area contributed by atoms with E-state index < -0.39 is 10.0 Å². The van der Waals surface area contributed by atoms with Crippen LogP contribution in [-0.2, 0) is 14.8 Å². The van der Waals surface area contributed by atoms with E-state index in [2.05, 4.69) is 10.0 Å². The standard InChI is InChI=1S/C23H22N2O4S/c1-17(26)19-10-7-11-20(16-19)30(28,29)24-15-14-23(27)25-22-13-6-5-12-21(22)18-8-3-2-4-9-18/h2-13,16,24H,14-15H2,1H3,(H,25,27). The fourth-order valence-corrected chi connectivity index (χ4v) is 4.02. The molecule has 154 valence electrons. The van der Waals surface area contributed by atoms with Gasteiger partial charge in [0.1, 0.15) is 0 Å².